The number of carbonyl (C=O) groups excluding carboxylic acids is 1. The first-order valence-corrected chi connectivity index (χ1v) is 10.2. The second kappa shape index (κ2) is 8.95. The molecule has 0 amide bonds. The third-order valence-corrected chi connectivity index (χ3v) is 6.00. The molecule has 0 spiro atoms. The third kappa shape index (κ3) is 3.99. The minimum Gasteiger partial charge on any atom is -0.462 e. The number of esters is 1. The molecule has 3 rings (SSSR count). The van der Waals surface area contributed by atoms with E-state index in [1.54, 1.807) is 13.8 Å². The molecule has 0 aliphatic heterocycles. The predicted molar refractivity (Wildman–Crippen MR) is 117 cm³/mol. The predicted octanol–water partition coefficient (Wildman–Crippen LogP) is 1.18. The van der Waals surface area contributed by atoms with Crippen molar-refractivity contribution in [2.24, 2.45) is 16.7 Å². The van der Waals surface area contributed by atoms with E-state index in [4.69, 9.17) is 16.3 Å². The molecule has 4 N–H and O–H groups in total. The molecule has 10 heteroatoms. The number of aryl methyl sites for hydroxylation is 3. The summed E-state index contributed by atoms with van der Waals surface area (Å²) >= 11 is 1.08. The summed E-state index contributed by atoms with van der Waals surface area (Å²) in [6.45, 7) is 3.67. The Hall–Kier alpha value is -3.40. The van der Waals surface area contributed by atoms with E-state index >= 15 is 0 Å². The standard InChI is InChI=1S/C20H23N5O4S/c1-3-29-19(27)16-12(2)15-17(26)25(11-14(21)23-22)20(28)24(18(15)30-16)10-9-13-7-5-4-6-8-13/h4-8H,3,9-11,22H2,1-2H3,(H2,21,23). The average molecular weight is 430 g/mol. The van der Waals surface area contributed by atoms with Crippen molar-refractivity contribution in [3.05, 3.63) is 67.2 Å². The van der Waals surface area contributed by atoms with Crippen LogP contribution in [0.4, 0.5) is 0 Å². The van der Waals surface area contributed by atoms with Crippen molar-refractivity contribution in [3.63, 3.8) is 0 Å². The van der Waals surface area contributed by atoms with E-state index in [0.717, 1.165) is 21.5 Å². The van der Waals surface area contributed by atoms with Crippen LogP contribution in [-0.2, 0) is 24.2 Å². The van der Waals surface area contributed by atoms with E-state index in [9.17, 15) is 14.4 Å². The molecule has 2 heterocycles. The molecule has 0 bridgehead atoms. The first-order valence-electron chi connectivity index (χ1n) is 9.39. The number of thiophene rings is 1. The van der Waals surface area contributed by atoms with Crippen LogP contribution in [0.3, 0.4) is 0 Å². The van der Waals surface area contributed by atoms with E-state index in [-0.39, 0.29) is 19.0 Å². The number of ether oxygens (including phenoxy) is 1. The fourth-order valence-corrected chi connectivity index (χ4v) is 4.42. The molecule has 0 saturated heterocycles. The molecule has 0 aliphatic rings. The number of carbonyl (C=O) groups is 1. The lowest BCUT2D eigenvalue weighted by Gasteiger charge is -2.12. The molecule has 0 fully saturated rings. The number of nitrogens with two attached hydrogens (primary N) is 2. The first kappa shape index (κ1) is 21.3. The Morgan fingerprint density at radius 3 is 2.53 bits per heavy atom. The van der Waals surface area contributed by atoms with Crippen LogP contribution in [0.5, 0.6) is 0 Å². The Bertz CT molecular complexity index is 1220. The monoisotopic (exact) mass is 429 g/mol. The maximum absolute atomic E-state index is 13.2. The van der Waals surface area contributed by atoms with Crippen LogP contribution in [0.1, 0.15) is 27.7 Å². The summed E-state index contributed by atoms with van der Waals surface area (Å²) in [5.41, 5.74) is 6.12. The molecule has 0 saturated carbocycles. The van der Waals surface area contributed by atoms with Gasteiger partial charge in [0, 0.05) is 6.54 Å². The molecule has 3 aromatic rings. The van der Waals surface area contributed by atoms with E-state index < -0.39 is 17.2 Å². The highest BCUT2D eigenvalue weighted by molar-refractivity contribution is 7.20. The summed E-state index contributed by atoms with van der Waals surface area (Å²) in [5, 5.41) is 3.66. The zero-order chi connectivity index (χ0) is 21.8. The highest BCUT2D eigenvalue weighted by Crippen LogP contribution is 2.28. The van der Waals surface area contributed by atoms with Gasteiger partial charge in [0.15, 0.2) is 0 Å². The van der Waals surface area contributed by atoms with Gasteiger partial charge in [0.25, 0.3) is 5.56 Å². The molecule has 0 unspecified atom stereocenters. The molecule has 30 heavy (non-hydrogen) atoms. The van der Waals surface area contributed by atoms with E-state index in [2.05, 4.69) is 5.10 Å². The Labute approximate surface area is 176 Å². The van der Waals surface area contributed by atoms with Gasteiger partial charge < -0.3 is 16.3 Å². The number of hydrazone groups is 1. The number of hydrogen-bond donors (Lipinski definition) is 2. The van der Waals surface area contributed by atoms with Gasteiger partial charge in [-0.25, -0.2) is 9.59 Å². The maximum atomic E-state index is 13.2. The van der Waals surface area contributed by atoms with Crippen LogP contribution in [0.15, 0.2) is 45.0 Å². The van der Waals surface area contributed by atoms with Crippen LogP contribution in [0.25, 0.3) is 10.2 Å². The highest BCUT2D eigenvalue weighted by Gasteiger charge is 2.24. The molecule has 158 valence electrons. The Balaban J connectivity index is 2.22. The van der Waals surface area contributed by atoms with Gasteiger partial charge in [0.05, 0.1) is 18.5 Å². The maximum Gasteiger partial charge on any atom is 0.348 e. The zero-order valence-electron chi connectivity index (χ0n) is 16.8. The molecule has 0 aliphatic carbocycles. The first-order chi connectivity index (χ1) is 14.4. The van der Waals surface area contributed by atoms with E-state index in [1.165, 1.54) is 4.57 Å². The van der Waals surface area contributed by atoms with Crippen LogP contribution < -0.4 is 22.8 Å². The van der Waals surface area contributed by atoms with Crippen molar-refractivity contribution in [2.75, 3.05) is 6.61 Å². The van der Waals surface area contributed by atoms with Gasteiger partial charge in [-0.05, 0) is 31.4 Å². The lowest BCUT2D eigenvalue weighted by molar-refractivity contribution is 0.0531. The molecule has 9 nitrogen and oxygen atoms in total. The van der Waals surface area contributed by atoms with E-state index in [1.807, 2.05) is 30.3 Å². The van der Waals surface area contributed by atoms with Crippen molar-refractivity contribution in [1.29, 1.82) is 0 Å². The number of fused-ring (bicyclic) bond motifs is 1. The van der Waals surface area contributed by atoms with Crippen LogP contribution in [-0.4, -0.2) is 27.5 Å². The molecular weight excluding hydrogens is 406 g/mol. The van der Waals surface area contributed by atoms with Gasteiger partial charge in [-0.2, -0.15) is 5.10 Å². The summed E-state index contributed by atoms with van der Waals surface area (Å²) in [5.74, 6) is 4.62. The van der Waals surface area contributed by atoms with Gasteiger partial charge in [-0.3, -0.25) is 13.9 Å². The SMILES string of the molecule is CCOC(=O)c1sc2c(c1C)c(=O)n(C/C(N)=N/N)c(=O)n2CCc1ccccc1. The number of rotatable bonds is 7. The number of aromatic nitrogens is 2. The van der Waals surface area contributed by atoms with E-state index in [0.29, 0.717) is 33.6 Å². The largest absolute Gasteiger partial charge is 0.462 e. The van der Waals surface area contributed by atoms with Crippen molar-refractivity contribution < 1.29 is 9.53 Å². The summed E-state index contributed by atoms with van der Waals surface area (Å²) in [6.07, 6.45) is 0.570. The molecule has 1 aromatic carbocycles. The average Bonchev–Trinajstić information content (AvgIpc) is 3.09. The van der Waals surface area contributed by atoms with Gasteiger partial charge in [-0.15, -0.1) is 11.3 Å². The van der Waals surface area contributed by atoms with Crippen molar-refractivity contribution in [2.45, 2.75) is 33.4 Å². The minimum atomic E-state index is -0.540. The number of benzene rings is 1. The van der Waals surface area contributed by atoms with Gasteiger partial charge in [0.2, 0.25) is 0 Å². The molecular formula is C20H23N5O4S. The highest BCUT2D eigenvalue weighted by atomic mass is 32.1. The lowest BCUT2D eigenvalue weighted by Crippen LogP contribution is -2.43. The summed E-state index contributed by atoms with van der Waals surface area (Å²) in [4.78, 5) is 39.4. The van der Waals surface area contributed by atoms with Crippen LogP contribution >= 0.6 is 11.3 Å². The molecule has 2 aromatic heterocycles. The Morgan fingerprint density at radius 2 is 1.90 bits per heavy atom. The van der Waals surface area contributed by atoms with Crippen LogP contribution in [0.2, 0.25) is 0 Å². The normalized spacial score (nSPS) is 11.7. The molecule has 0 radical (unpaired) electrons. The smallest absolute Gasteiger partial charge is 0.348 e. The second-order valence-electron chi connectivity index (χ2n) is 6.64. The second-order valence-corrected chi connectivity index (χ2v) is 7.64. The minimum absolute atomic E-state index is 0.0540. The zero-order valence-corrected chi connectivity index (χ0v) is 17.6. The number of nitrogens with zero attached hydrogens (tertiary/aromatic N) is 3. The van der Waals surface area contributed by atoms with Gasteiger partial charge in [-0.1, -0.05) is 30.3 Å². The lowest BCUT2D eigenvalue weighted by atomic mass is 10.1. The topological polar surface area (TPSA) is 135 Å². The molecule has 0 atom stereocenters. The number of hydrogen-bond acceptors (Lipinski definition) is 7. The number of amidine groups is 1. The van der Waals surface area contributed by atoms with Crippen LogP contribution in [0, 0.1) is 6.92 Å². The van der Waals surface area contributed by atoms with Crippen molar-refractivity contribution in [3.8, 4) is 0 Å². The quantitative estimate of drug-likeness (QED) is 0.190. The Morgan fingerprint density at radius 1 is 1.20 bits per heavy atom. The summed E-state index contributed by atoms with van der Waals surface area (Å²) in [6, 6.07) is 9.67. The fraction of sp³-hybridized carbons (Fsp3) is 0.300. The summed E-state index contributed by atoms with van der Waals surface area (Å²) in [7, 11) is 0. The fourth-order valence-electron chi connectivity index (χ4n) is 3.21. The van der Waals surface area contributed by atoms with Crippen molar-refractivity contribution in [1.82, 2.24) is 9.13 Å². The van der Waals surface area contributed by atoms with Gasteiger partial charge >= 0.3 is 11.7 Å². The third-order valence-electron chi connectivity index (χ3n) is 4.71. The van der Waals surface area contributed by atoms with Crippen molar-refractivity contribution >= 4 is 33.4 Å². The summed E-state index contributed by atoms with van der Waals surface area (Å²) < 4.78 is 7.60. The van der Waals surface area contributed by atoms with Gasteiger partial charge in [0.1, 0.15) is 15.5 Å². The Kier molecular flexibility index (Phi) is 6.36.